The van der Waals surface area contributed by atoms with Crippen molar-refractivity contribution in [1.82, 2.24) is 4.90 Å². The fourth-order valence-corrected chi connectivity index (χ4v) is 2.73. The van der Waals surface area contributed by atoms with Crippen molar-refractivity contribution in [2.75, 3.05) is 6.54 Å². The predicted molar refractivity (Wildman–Crippen MR) is 61.1 cm³/mol. The van der Waals surface area contributed by atoms with Gasteiger partial charge in [-0.25, -0.2) is 0 Å². The van der Waals surface area contributed by atoms with E-state index in [2.05, 4.69) is 0 Å². The van der Waals surface area contributed by atoms with Crippen LogP contribution in [0.1, 0.15) is 34.8 Å². The van der Waals surface area contributed by atoms with Crippen LogP contribution in [-0.4, -0.2) is 28.1 Å². The summed E-state index contributed by atoms with van der Waals surface area (Å²) < 4.78 is 0. The molecular formula is C12H10N2O4. The molecule has 2 aliphatic heterocycles. The maximum Gasteiger partial charge on any atom is 0.275 e. The Morgan fingerprint density at radius 1 is 1.33 bits per heavy atom. The fraction of sp³-hybridized carbons (Fsp3) is 0.333. The van der Waals surface area contributed by atoms with Gasteiger partial charge in [-0.3, -0.25) is 19.7 Å². The second-order valence-corrected chi connectivity index (χ2v) is 4.50. The molecule has 0 unspecified atom stereocenters. The number of fused-ring (bicyclic) bond motifs is 3. The Kier molecular flexibility index (Phi) is 2.19. The number of piperidine rings is 1. The van der Waals surface area contributed by atoms with E-state index < -0.39 is 11.0 Å². The number of Topliss-reactive ketones (excluding diaryl/α,β-unsaturated/α-hetero) is 1. The van der Waals surface area contributed by atoms with Gasteiger partial charge in [0.05, 0.1) is 22.1 Å². The minimum atomic E-state index is -0.491. The standard InChI is InChI=1S/C12H10N2O4/c15-7-4-5-13-10(6-7)11-8(12(13)16)2-1-3-9(11)14(17)18/h1-3,10H,4-6H2/t10-/m1/s1. The maximum atomic E-state index is 12.1. The number of hydrogen-bond donors (Lipinski definition) is 0. The smallest absolute Gasteiger partial charge is 0.275 e. The van der Waals surface area contributed by atoms with E-state index in [0.29, 0.717) is 24.1 Å². The summed E-state index contributed by atoms with van der Waals surface area (Å²) in [5.74, 6) is -0.152. The third-order valence-electron chi connectivity index (χ3n) is 3.53. The van der Waals surface area contributed by atoms with Crippen molar-refractivity contribution < 1.29 is 14.5 Å². The molecule has 0 N–H and O–H groups in total. The van der Waals surface area contributed by atoms with E-state index in [-0.39, 0.29) is 23.8 Å². The van der Waals surface area contributed by atoms with Crippen LogP contribution in [0.3, 0.4) is 0 Å². The molecule has 1 aromatic rings. The number of benzene rings is 1. The van der Waals surface area contributed by atoms with Crippen LogP contribution in [0.5, 0.6) is 0 Å². The Bertz CT molecular complexity index is 581. The van der Waals surface area contributed by atoms with Gasteiger partial charge >= 0.3 is 0 Å². The maximum absolute atomic E-state index is 12.1. The molecule has 0 aliphatic carbocycles. The molecule has 1 atom stereocenters. The van der Waals surface area contributed by atoms with Gasteiger partial charge in [0.15, 0.2) is 0 Å². The Labute approximate surface area is 102 Å². The van der Waals surface area contributed by atoms with Crippen molar-refractivity contribution in [3.63, 3.8) is 0 Å². The molecule has 6 heteroatoms. The first-order valence-electron chi connectivity index (χ1n) is 5.69. The van der Waals surface area contributed by atoms with Crippen LogP contribution in [-0.2, 0) is 4.79 Å². The van der Waals surface area contributed by atoms with Gasteiger partial charge in [-0.2, -0.15) is 0 Å². The number of carbonyl (C=O) groups is 2. The highest BCUT2D eigenvalue weighted by Crippen LogP contribution is 2.43. The normalized spacial score (nSPS) is 21.8. The Morgan fingerprint density at radius 2 is 2.11 bits per heavy atom. The van der Waals surface area contributed by atoms with Crippen molar-refractivity contribution in [3.05, 3.63) is 39.4 Å². The van der Waals surface area contributed by atoms with Gasteiger partial charge in [0.2, 0.25) is 0 Å². The zero-order chi connectivity index (χ0) is 12.9. The first-order chi connectivity index (χ1) is 8.59. The van der Waals surface area contributed by atoms with Gasteiger partial charge in [0.25, 0.3) is 11.6 Å². The molecule has 1 aromatic carbocycles. The fourth-order valence-electron chi connectivity index (χ4n) is 2.73. The summed E-state index contributed by atoms with van der Waals surface area (Å²) >= 11 is 0. The van der Waals surface area contributed by atoms with Crippen LogP contribution < -0.4 is 0 Å². The molecule has 2 aliphatic rings. The first kappa shape index (κ1) is 10.9. The van der Waals surface area contributed by atoms with E-state index in [1.807, 2.05) is 0 Å². The molecule has 0 spiro atoms. The summed E-state index contributed by atoms with van der Waals surface area (Å²) in [6.45, 7) is 0.355. The summed E-state index contributed by atoms with van der Waals surface area (Å²) in [5.41, 5.74) is 0.701. The largest absolute Gasteiger partial charge is 0.330 e. The molecule has 0 bridgehead atoms. The highest BCUT2D eigenvalue weighted by atomic mass is 16.6. The van der Waals surface area contributed by atoms with E-state index >= 15 is 0 Å². The molecule has 1 fully saturated rings. The van der Waals surface area contributed by atoms with Crippen molar-refractivity contribution in [2.24, 2.45) is 0 Å². The molecule has 0 saturated carbocycles. The Morgan fingerprint density at radius 3 is 2.83 bits per heavy atom. The zero-order valence-corrected chi connectivity index (χ0v) is 9.46. The SMILES string of the molecule is O=C1CCN2C(=O)c3cccc([N+](=O)[O-])c3[C@H]2C1. The molecule has 92 valence electrons. The Balaban J connectivity index is 2.18. The van der Waals surface area contributed by atoms with E-state index in [4.69, 9.17) is 0 Å². The number of amides is 1. The van der Waals surface area contributed by atoms with Crippen LogP contribution in [0, 0.1) is 10.1 Å². The highest BCUT2D eigenvalue weighted by Gasteiger charge is 2.44. The van der Waals surface area contributed by atoms with Crippen molar-refractivity contribution >= 4 is 17.4 Å². The summed E-state index contributed by atoms with van der Waals surface area (Å²) in [5, 5.41) is 11.0. The summed E-state index contributed by atoms with van der Waals surface area (Å²) in [6, 6.07) is 4.03. The van der Waals surface area contributed by atoms with Gasteiger partial charge in [0.1, 0.15) is 5.78 Å². The van der Waals surface area contributed by atoms with Gasteiger partial charge in [-0.15, -0.1) is 0 Å². The molecule has 0 aromatic heterocycles. The second-order valence-electron chi connectivity index (χ2n) is 4.50. The number of rotatable bonds is 1. The lowest BCUT2D eigenvalue weighted by atomic mass is 9.95. The number of hydrogen-bond acceptors (Lipinski definition) is 4. The minimum Gasteiger partial charge on any atom is -0.330 e. The molecule has 0 radical (unpaired) electrons. The number of nitrogens with zero attached hydrogens (tertiary/aromatic N) is 2. The average molecular weight is 246 g/mol. The van der Waals surface area contributed by atoms with E-state index in [1.54, 1.807) is 11.0 Å². The van der Waals surface area contributed by atoms with Gasteiger partial charge < -0.3 is 4.90 Å². The minimum absolute atomic E-state index is 0.0510. The molecule has 1 amide bonds. The molecule has 18 heavy (non-hydrogen) atoms. The third kappa shape index (κ3) is 1.35. The van der Waals surface area contributed by atoms with Gasteiger partial charge in [-0.1, -0.05) is 6.07 Å². The quantitative estimate of drug-likeness (QED) is 0.554. The second kappa shape index (κ2) is 3.63. The van der Waals surface area contributed by atoms with Crippen molar-refractivity contribution in [2.45, 2.75) is 18.9 Å². The number of carbonyl (C=O) groups excluding carboxylic acids is 2. The molecular weight excluding hydrogens is 236 g/mol. The van der Waals surface area contributed by atoms with Crippen LogP contribution in [0.25, 0.3) is 0 Å². The van der Waals surface area contributed by atoms with Crippen LogP contribution in [0.2, 0.25) is 0 Å². The van der Waals surface area contributed by atoms with E-state index in [1.165, 1.54) is 12.1 Å². The average Bonchev–Trinajstić information content (AvgIpc) is 2.63. The van der Waals surface area contributed by atoms with Gasteiger partial charge in [-0.05, 0) is 6.07 Å². The van der Waals surface area contributed by atoms with E-state index in [9.17, 15) is 19.7 Å². The van der Waals surface area contributed by atoms with Crippen LogP contribution in [0.4, 0.5) is 5.69 Å². The number of nitro benzene ring substituents is 1. The number of ketones is 1. The highest BCUT2D eigenvalue weighted by molar-refractivity contribution is 6.02. The van der Waals surface area contributed by atoms with Crippen LogP contribution in [0.15, 0.2) is 18.2 Å². The third-order valence-corrected chi connectivity index (χ3v) is 3.53. The summed E-state index contributed by atoms with van der Waals surface area (Å²) in [7, 11) is 0. The van der Waals surface area contributed by atoms with Crippen LogP contribution >= 0.6 is 0 Å². The van der Waals surface area contributed by atoms with E-state index in [0.717, 1.165) is 0 Å². The monoisotopic (exact) mass is 246 g/mol. The molecule has 1 saturated heterocycles. The lowest BCUT2D eigenvalue weighted by molar-refractivity contribution is -0.385. The molecule has 6 nitrogen and oxygen atoms in total. The molecule has 3 rings (SSSR count). The topological polar surface area (TPSA) is 80.5 Å². The lowest BCUT2D eigenvalue weighted by Gasteiger charge is -2.28. The predicted octanol–water partition coefficient (Wildman–Crippen LogP) is 1.45. The summed E-state index contributed by atoms with van der Waals surface area (Å²) in [6.07, 6.45) is 0.521. The lowest BCUT2D eigenvalue weighted by Crippen LogP contribution is -2.35. The Hall–Kier alpha value is -2.24. The zero-order valence-electron chi connectivity index (χ0n) is 9.46. The molecule has 2 heterocycles. The van der Waals surface area contributed by atoms with Crippen molar-refractivity contribution in [3.8, 4) is 0 Å². The first-order valence-corrected chi connectivity index (χ1v) is 5.69. The number of nitro groups is 1. The van der Waals surface area contributed by atoms with Crippen molar-refractivity contribution in [1.29, 1.82) is 0 Å². The summed E-state index contributed by atoms with van der Waals surface area (Å²) in [4.78, 5) is 35.7. The van der Waals surface area contributed by atoms with Gasteiger partial charge in [0, 0.05) is 25.5 Å².